The van der Waals surface area contributed by atoms with Gasteiger partial charge in [0.1, 0.15) is 18.1 Å². The lowest BCUT2D eigenvalue weighted by atomic mass is 10.2. The molecule has 0 bridgehead atoms. The van der Waals surface area contributed by atoms with E-state index in [2.05, 4.69) is 4.98 Å². The summed E-state index contributed by atoms with van der Waals surface area (Å²) in [4.78, 5) is 15.6. The van der Waals surface area contributed by atoms with E-state index in [0.29, 0.717) is 6.54 Å². The first-order valence-corrected chi connectivity index (χ1v) is 5.71. The average molecular weight is 276 g/mol. The van der Waals surface area contributed by atoms with Crippen molar-refractivity contribution >= 4 is 11.8 Å². The number of aliphatic carboxylic acids is 1. The predicted molar refractivity (Wildman–Crippen MR) is 63.9 cm³/mol. The second-order valence-corrected chi connectivity index (χ2v) is 4.55. The minimum absolute atomic E-state index is 0.0194. The van der Waals surface area contributed by atoms with Gasteiger partial charge in [-0.1, -0.05) is 19.9 Å². The van der Waals surface area contributed by atoms with Gasteiger partial charge in [0.2, 0.25) is 0 Å². The fraction of sp³-hybridized carbons (Fsp3) is 0.500. The Morgan fingerprint density at radius 2 is 2.05 bits per heavy atom. The fourth-order valence-corrected chi connectivity index (χ4v) is 1.60. The van der Waals surface area contributed by atoms with Crippen LogP contribution in [0.15, 0.2) is 18.2 Å². The quantitative estimate of drug-likeness (QED) is 0.898. The fourth-order valence-electron chi connectivity index (χ4n) is 1.60. The summed E-state index contributed by atoms with van der Waals surface area (Å²) in [6.07, 6.45) is -4.54. The number of alkyl halides is 3. The Hall–Kier alpha value is -1.79. The van der Waals surface area contributed by atoms with Crippen molar-refractivity contribution < 1.29 is 23.1 Å². The SMILES string of the molecule is CC(C)CN(CC(=O)O)c1cccc(C(F)(F)F)n1. The number of halogens is 3. The highest BCUT2D eigenvalue weighted by molar-refractivity contribution is 5.73. The summed E-state index contributed by atoms with van der Waals surface area (Å²) >= 11 is 0. The number of anilines is 1. The molecule has 0 unspecified atom stereocenters. The second kappa shape index (κ2) is 5.90. The van der Waals surface area contributed by atoms with Crippen LogP contribution in [0.1, 0.15) is 19.5 Å². The normalized spacial score (nSPS) is 11.7. The lowest BCUT2D eigenvalue weighted by Gasteiger charge is -2.24. The minimum atomic E-state index is -4.54. The molecule has 7 heteroatoms. The van der Waals surface area contributed by atoms with E-state index >= 15 is 0 Å². The number of pyridine rings is 1. The zero-order chi connectivity index (χ0) is 14.6. The zero-order valence-electron chi connectivity index (χ0n) is 10.6. The molecule has 106 valence electrons. The summed E-state index contributed by atoms with van der Waals surface area (Å²) < 4.78 is 37.7. The minimum Gasteiger partial charge on any atom is -0.480 e. The first-order chi connectivity index (χ1) is 8.70. The lowest BCUT2D eigenvalue weighted by molar-refractivity contribution is -0.141. The average Bonchev–Trinajstić information content (AvgIpc) is 2.26. The highest BCUT2D eigenvalue weighted by Crippen LogP contribution is 2.28. The molecule has 0 aliphatic carbocycles. The Balaban J connectivity index is 3.04. The van der Waals surface area contributed by atoms with Crippen LogP contribution in [-0.4, -0.2) is 29.1 Å². The highest BCUT2D eigenvalue weighted by atomic mass is 19.4. The second-order valence-electron chi connectivity index (χ2n) is 4.55. The molecule has 0 saturated heterocycles. The Morgan fingerprint density at radius 1 is 1.42 bits per heavy atom. The molecule has 1 aromatic heterocycles. The molecular formula is C12H15F3N2O2. The third-order valence-corrected chi connectivity index (χ3v) is 2.26. The van der Waals surface area contributed by atoms with E-state index in [9.17, 15) is 18.0 Å². The van der Waals surface area contributed by atoms with Crippen LogP contribution in [0.2, 0.25) is 0 Å². The zero-order valence-corrected chi connectivity index (χ0v) is 10.6. The molecular weight excluding hydrogens is 261 g/mol. The van der Waals surface area contributed by atoms with E-state index in [1.165, 1.54) is 17.0 Å². The van der Waals surface area contributed by atoms with Crippen LogP contribution in [0.25, 0.3) is 0 Å². The van der Waals surface area contributed by atoms with Gasteiger partial charge < -0.3 is 10.0 Å². The number of carboxylic acids is 1. The van der Waals surface area contributed by atoms with Crippen molar-refractivity contribution in [2.45, 2.75) is 20.0 Å². The molecule has 0 fully saturated rings. The van der Waals surface area contributed by atoms with Crippen molar-refractivity contribution in [3.63, 3.8) is 0 Å². The summed E-state index contributed by atoms with van der Waals surface area (Å²) in [6, 6.07) is 3.46. The first-order valence-electron chi connectivity index (χ1n) is 5.71. The summed E-state index contributed by atoms with van der Waals surface area (Å²) in [6.45, 7) is 3.64. The van der Waals surface area contributed by atoms with Crippen LogP contribution >= 0.6 is 0 Å². The van der Waals surface area contributed by atoms with E-state index in [0.717, 1.165) is 6.07 Å². The number of nitrogens with zero attached hydrogens (tertiary/aromatic N) is 2. The van der Waals surface area contributed by atoms with Gasteiger partial charge in [0.25, 0.3) is 0 Å². The molecule has 0 amide bonds. The first kappa shape index (κ1) is 15.3. The predicted octanol–water partition coefficient (Wildman–Crippen LogP) is 2.65. The van der Waals surface area contributed by atoms with Gasteiger partial charge in [-0.3, -0.25) is 4.79 Å². The number of carboxylic acid groups (broad SMARTS) is 1. The molecule has 4 nitrogen and oxygen atoms in total. The van der Waals surface area contributed by atoms with Crippen LogP contribution in [0.3, 0.4) is 0 Å². The Kier molecular flexibility index (Phi) is 4.74. The van der Waals surface area contributed by atoms with Gasteiger partial charge in [-0.05, 0) is 18.1 Å². The molecule has 1 rings (SSSR count). The maximum absolute atomic E-state index is 12.6. The third kappa shape index (κ3) is 4.76. The van der Waals surface area contributed by atoms with Crippen LogP contribution < -0.4 is 4.90 Å². The molecule has 0 aromatic carbocycles. The number of aromatic nitrogens is 1. The maximum atomic E-state index is 12.6. The van der Waals surface area contributed by atoms with Crippen molar-refractivity contribution in [1.82, 2.24) is 4.98 Å². The van der Waals surface area contributed by atoms with Gasteiger partial charge in [-0.2, -0.15) is 13.2 Å². The standard InChI is InChI=1S/C12H15F3N2O2/c1-8(2)6-17(7-11(18)19)10-5-3-4-9(16-10)12(13,14)15/h3-5,8H,6-7H2,1-2H3,(H,18,19). The molecule has 0 aliphatic rings. The van der Waals surface area contributed by atoms with Crippen molar-refractivity contribution in [3.8, 4) is 0 Å². The monoisotopic (exact) mass is 276 g/mol. The molecule has 0 spiro atoms. The number of rotatable bonds is 5. The van der Waals surface area contributed by atoms with Gasteiger partial charge >= 0.3 is 12.1 Å². The summed E-state index contributed by atoms with van der Waals surface area (Å²) in [7, 11) is 0. The summed E-state index contributed by atoms with van der Waals surface area (Å²) in [5.41, 5.74) is -1.02. The molecule has 1 N–H and O–H groups in total. The van der Waals surface area contributed by atoms with Gasteiger partial charge in [-0.25, -0.2) is 4.98 Å². The third-order valence-electron chi connectivity index (χ3n) is 2.26. The smallest absolute Gasteiger partial charge is 0.433 e. The van der Waals surface area contributed by atoms with Gasteiger partial charge in [0.05, 0.1) is 0 Å². The Morgan fingerprint density at radius 3 is 2.53 bits per heavy atom. The summed E-state index contributed by atoms with van der Waals surface area (Å²) in [5, 5.41) is 8.80. The molecule has 0 aliphatic heterocycles. The van der Waals surface area contributed by atoms with Gasteiger partial charge in [0.15, 0.2) is 0 Å². The molecule has 19 heavy (non-hydrogen) atoms. The van der Waals surface area contributed by atoms with Gasteiger partial charge in [-0.15, -0.1) is 0 Å². The lowest BCUT2D eigenvalue weighted by Crippen LogP contribution is -2.34. The molecule has 0 atom stereocenters. The molecule has 0 radical (unpaired) electrons. The van der Waals surface area contributed by atoms with E-state index in [4.69, 9.17) is 5.11 Å². The van der Waals surface area contributed by atoms with E-state index in [1.807, 2.05) is 13.8 Å². The largest absolute Gasteiger partial charge is 0.480 e. The van der Waals surface area contributed by atoms with E-state index < -0.39 is 17.8 Å². The van der Waals surface area contributed by atoms with Crippen LogP contribution in [0, 0.1) is 5.92 Å². The number of carbonyl (C=O) groups is 1. The topological polar surface area (TPSA) is 53.4 Å². The number of hydrogen-bond donors (Lipinski definition) is 1. The highest BCUT2D eigenvalue weighted by Gasteiger charge is 2.33. The van der Waals surface area contributed by atoms with Gasteiger partial charge in [0, 0.05) is 6.54 Å². The van der Waals surface area contributed by atoms with Crippen molar-refractivity contribution in [2.24, 2.45) is 5.92 Å². The van der Waals surface area contributed by atoms with Crippen LogP contribution in [0.5, 0.6) is 0 Å². The number of hydrogen-bond acceptors (Lipinski definition) is 3. The molecule has 1 heterocycles. The van der Waals surface area contributed by atoms with Crippen molar-refractivity contribution in [3.05, 3.63) is 23.9 Å². The van der Waals surface area contributed by atoms with E-state index in [-0.39, 0.29) is 18.3 Å². The van der Waals surface area contributed by atoms with E-state index in [1.54, 1.807) is 0 Å². The van der Waals surface area contributed by atoms with Crippen molar-refractivity contribution in [2.75, 3.05) is 18.0 Å². The Labute approximate surface area is 108 Å². The van der Waals surface area contributed by atoms with Crippen LogP contribution in [0.4, 0.5) is 19.0 Å². The molecule has 1 aromatic rings. The molecule has 0 saturated carbocycles. The Bertz CT molecular complexity index is 447. The van der Waals surface area contributed by atoms with Crippen LogP contribution in [-0.2, 0) is 11.0 Å². The summed E-state index contributed by atoms with van der Waals surface area (Å²) in [5.74, 6) is -0.985. The van der Waals surface area contributed by atoms with Crippen molar-refractivity contribution in [1.29, 1.82) is 0 Å². The maximum Gasteiger partial charge on any atom is 0.433 e.